The Morgan fingerprint density at radius 1 is 1.22 bits per heavy atom. The molecular formula is C27H35N5O3S. The Balaban J connectivity index is 1.37. The SMILES string of the molecule is Cc1nc(N2CC3=C(CCOc4cc(C5=CCCN(C(=O)OC(C)(C)C)C5)ccc43)S2)n(C(C)C)n1. The summed E-state index contributed by atoms with van der Waals surface area (Å²) in [6.45, 7) is 14.5. The molecule has 5 rings (SSSR count). The van der Waals surface area contributed by atoms with Gasteiger partial charge in [0.15, 0.2) is 0 Å². The zero-order valence-corrected chi connectivity index (χ0v) is 22.8. The first-order valence-corrected chi connectivity index (χ1v) is 13.4. The third-order valence-electron chi connectivity index (χ3n) is 6.36. The minimum Gasteiger partial charge on any atom is -0.493 e. The smallest absolute Gasteiger partial charge is 0.410 e. The second-order valence-electron chi connectivity index (χ2n) is 10.8. The highest BCUT2D eigenvalue weighted by Crippen LogP contribution is 2.46. The Morgan fingerprint density at radius 3 is 2.78 bits per heavy atom. The van der Waals surface area contributed by atoms with Gasteiger partial charge in [-0.2, -0.15) is 10.1 Å². The summed E-state index contributed by atoms with van der Waals surface area (Å²) in [5.41, 5.74) is 4.14. The minimum absolute atomic E-state index is 0.240. The molecule has 9 heteroatoms. The molecule has 0 bridgehead atoms. The number of aromatic nitrogens is 3. The lowest BCUT2D eigenvalue weighted by Crippen LogP contribution is -2.39. The van der Waals surface area contributed by atoms with Crippen molar-refractivity contribution in [2.75, 3.05) is 30.5 Å². The number of amides is 1. The van der Waals surface area contributed by atoms with Crippen LogP contribution in [-0.2, 0) is 4.74 Å². The number of nitrogens with zero attached hydrogens (tertiary/aromatic N) is 5. The summed E-state index contributed by atoms with van der Waals surface area (Å²) in [6, 6.07) is 6.69. The van der Waals surface area contributed by atoms with E-state index in [1.807, 2.05) is 32.4 Å². The van der Waals surface area contributed by atoms with Crippen molar-refractivity contribution in [3.05, 3.63) is 46.1 Å². The number of ether oxygens (including phenoxy) is 2. The van der Waals surface area contributed by atoms with E-state index < -0.39 is 5.60 Å². The molecule has 3 aliphatic rings. The van der Waals surface area contributed by atoms with E-state index >= 15 is 0 Å². The van der Waals surface area contributed by atoms with Gasteiger partial charge in [0.25, 0.3) is 0 Å². The van der Waals surface area contributed by atoms with Crippen molar-refractivity contribution in [3.63, 3.8) is 0 Å². The monoisotopic (exact) mass is 509 g/mol. The fourth-order valence-corrected chi connectivity index (χ4v) is 5.84. The van der Waals surface area contributed by atoms with Gasteiger partial charge in [0.05, 0.1) is 19.2 Å². The van der Waals surface area contributed by atoms with Crippen molar-refractivity contribution in [1.29, 1.82) is 0 Å². The van der Waals surface area contributed by atoms with Crippen molar-refractivity contribution >= 4 is 35.1 Å². The lowest BCUT2D eigenvalue weighted by molar-refractivity contribution is 0.0273. The molecule has 4 heterocycles. The fourth-order valence-electron chi connectivity index (χ4n) is 4.71. The molecule has 0 spiro atoms. The quantitative estimate of drug-likeness (QED) is 0.480. The van der Waals surface area contributed by atoms with E-state index in [1.165, 1.54) is 10.5 Å². The molecule has 0 unspecified atom stereocenters. The number of hydrogen-bond donors (Lipinski definition) is 0. The van der Waals surface area contributed by atoms with Crippen LogP contribution < -0.4 is 9.04 Å². The molecule has 36 heavy (non-hydrogen) atoms. The number of benzene rings is 1. The summed E-state index contributed by atoms with van der Waals surface area (Å²) in [4.78, 5) is 20.5. The van der Waals surface area contributed by atoms with Gasteiger partial charge in [-0.3, -0.25) is 4.31 Å². The molecule has 2 aromatic rings. The third kappa shape index (κ3) is 4.98. The Kier molecular flexibility index (Phi) is 6.53. The van der Waals surface area contributed by atoms with Gasteiger partial charge in [-0.25, -0.2) is 9.48 Å². The van der Waals surface area contributed by atoms with Gasteiger partial charge in [-0.15, -0.1) is 0 Å². The van der Waals surface area contributed by atoms with Gasteiger partial charge in [-0.05, 0) is 82.7 Å². The maximum absolute atomic E-state index is 12.6. The highest BCUT2D eigenvalue weighted by molar-refractivity contribution is 8.04. The second kappa shape index (κ2) is 9.50. The van der Waals surface area contributed by atoms with E-state index in [9.17, 15) is 4.79 Å². The van der Waals surface area contributed by atoms with Crippen LogP contribution in [0.4, 0.5) is 10.7 Å². The molecule has 0 saturated heterocycles. The molecule has 192 valence electrons. The maximum Gasteiger partial charge on any atom is 0.410 e. The number of carbonyl (C=O) groups is 1. The summed E-state index contributed by atoms with van der Waals surface area (Å²) in [7, 11) is 0. The number of carbonyl (C=O) groups excluding carboxylic acids is 1. The first kappa shape index (κ1) is 24.7. The normalized spacial score (nSPS) is 18.0. The average molecular weight is 510 g/mol. The summed E-state index contributed by atoms with van der Waals surface area (Å²) < 4.78 is 16.1. The first-order chi connectivity index (χ1) is 17.1. The topological polar surface area (TPSA) is 72.7 Å². The molecule has 8 nitrogen and oxygen atoms in total. The Bertz CT molecular complexity index is 1240. The molecule has 0 atom stereocenters. The van der Waals surface area contributed by atoms with Gasteiger partial charge < -0.3 is 14.4 Å². The maximum atomic E-state index is 12.6. The number of hydrogen-bond acceptors (Lipinski definition) is 7. The van der Waals surface area contributed by atoms with Crippen LogP contribution in [0.3, 0.4) is 0 Å². The highest BCUT2D eigenvalue weighted by atomic mass is 32.2. The molecule has 3 aliphatic heterocycles. The lowest BCUT2D eigenvalue weighted by atomic mass is 9.96. The Labute approximate surface area is 217 Å². The number of fused-ring (bicyclic) bond motifs is 2. The predicted octanol–water partition coefficient (Wildman–Crippen LogP) is 5.85. The van der Waals surface area contributed by atoms with Crippen LogP contribution in [0.1, 0.15) is 70.5 Å². The Morgan fingerprint density at radius 2 is 2.03 bits per heavy atom. The molecule has 1 amide bonds. The van der Waals surface area contributed by atoms with E-state index in [1.54, 1.807) is 16.8 Å². The van der Waals surface area contributed by atoms with E-state index in [0.717, 1.165) is 53.6 Å². The van der Waals surface area contributed by atoms with Crippen molar-refractivity contribution in [1.82, 2.24) is 19.7 Å². The molecule has 0 saturated carbocycles. The third-order valence-corrected chi connectivity index (χ3v) is 7.54. The summed E-state index contributed by atoms with van der Waals surface area (Å²) in [5.74, 6) is 2.59. The number of aryl methyl sites for hydroxylation is 1. The van der Waals surface area contributed by atoms with Crippen LogP contribution in [-0.4, -0.2) is 57.6 Å². The van der Waals surface area contributed by atoms with Crippen LogP contribution in [0, 0.1) is 6.92 Å². The molecule has 0 radical (unpaired) electrons. The molecule has 0 N–H and O–H groups in total. The standard InChI is InChI=1S/C27H35N5O3S/c1-17(2)32-25(28-18(3)29-32)31-16-22-21-10-9-19(14-23(21)34-13-11-24(22)36-31)20-8-7-12-30(15-20)26(33)35-27(4,5)6/h8-10,14,17H,7,11-13,15-16H2,1-6H3. The molecule has 1 aromatic heterocycles. The van der Waals surface area contributed by atoms with Crippen LogP contribution in [0.5, 0.6) is 5.75 Å². The van der Waals surface area contributed by atoms with Crippen LogP contribution in [0.15, 0.2) is 29.2 Å². The van der Waals surface area contributed by atoms with Crippen molar-refractivity contribution in [2.24, 2.45) is 0 Å². The predicted molar refractivity (Wildman–Crippen MR) is 144 cm³/mol. The second-order valence-corrected chi connectivity index (χ2v) is 11.9. The van der Waals surface area contributed by atoms with E-state index in [2.05, 4.69) is 47.5 Å². The van der Waals surface area contributed by atoms with Crippen molar-refractivity contribution in [2.45, 2.75) is 66.0 Å². The van der Waals surface area contributed by atoms with Gasteiger partial charge in [0.1, 0.15) is 17.2 Å². The van der Waals surface area contributed by atoms with Gasteiger partial charge in [0, 0.05) is 30.0 Å². The van der Waals surface area contributed by atoms with Gasteiger partial charge >= 0.3 is 6.09 Å². The molecular weight excluding hydrogens is 474 g/mol. The fraction of sp³-hybridized carbons (Fsp3) is 0.519. The van der Waals surface area contributed by atoms with Crippen LogP contribution >= 0.6 is 11.9 Å². The summed E-state index contributed by atoms with van der Waals surface area (Å²) in [5, 5.41) is 4.60. The zero-order valence-electron chi connectivity index (χ0n) is 22.0. The van der Waals surface area contributed by atoms with Gasteiger partial charge in [0.2, 0.25) is 5.95 Å². The molecule has 0 aliphatic carbocycles. The Hall–Kier alpha value is -2.94. The first-order valence-electron chi connectivity index (χ1n) is 12.6. The van der Waals surface area contributed by atoms with Crippen molar-refractivity contribution in [3.8, 4) is 5.75 Å². The van der Waals surface area contributed by atoms with Gasteiger partial charge in [-0.1, -0.05) is 18.2 Å². The average Bonchev–Trinajstić information content (AvgIpc) is 3.37. The number of anilines is 1. The van der Waals surface area contributed by atoms with Crippen molar-refractivity contribution < 1.29 is 14.3 Å². The molecule has 1 aromatic carbocycles. The minimum atomic E-state index is -0.504. The van der Waals surface area contributed by atoms with Crippen LogP contribution in [0.2, 0.25) is 0 Å². The highest BCUT2D eigenvalue weighted by Gasteiger charge is 2.32. The van der Waals surface area contributed by atoms with E-state index in [0.29, 0.717) is 19.7 Å². The largest absolute Gasteiger partial charge is 0.493 e. The number of rotatable bonds is 3. The zero-order chi connectivity index (χ0) is 25.6. The molecule has 0 fully saturated rings. The lowest BCUT2D eigenvalue weighted by Gasteiger charge is -2.30. The van der Waals surface area contributed by atoms with E-state index in [-0.39, 0.29) is 12.1 Å². The van der Waals surface area contributed by atoms with Crippen LogP contribution in [0.25, 0.3) is 11.1 Å². The summed E-state index contributed by atoms with van der Waals surface area (Å²) in [6.07, 6.45) is 3.63. The summed E-state index contributed by atoms with van der Waals surface area (Å²) >= 11 is 1.75. The van der Waals surface area contributed by atoms with E-state index in [4.69, 9.17) is 14.5 Å².